The first-order valence-corrected chi connectivity index (χ1v) is 7.57. The van der Waals surface area contributed by atoms with Crippen molar-refractivity contribution in [1.82, 2.24) is 5.32 Å². The fraction of sp³-hybridized carbons (Fsp3) is 0.625. The van der Waals surface area contributed by atoms with Gasteiger partial charge in [0, 0.05) is 6.04 Å². The number of alkyl halides is 3. The molecule has 1 fully saturated rings. The number of para-hydroxylation sites is 1. The van der Waals surface area contributed by atoms with Crippen LogP contribution in [0.4, 0.5) is 13.2 Å². The van der Waals surface area contributed by atoms with Gasteiger partial charge in [-0.25, -0.2) is 0 Å². The number of benzene rings is 1. The fourth-order valence-corrected chi connectivity index (χ4v) is 3.04. The smallest absolute Gasteiger partial charge is 0.405 e. The number of rotatable bonds is 5. The molecule has 1 aromatic rings. The highest BCUT2D eigenvalue weighted by Gasteiger charge is 2.33. The molecular formula is C16H22F3NO. The zero-order chi connectivity index (χ0) is 15.3. The monoisotopic (exact) mass is 301 g/mol. The van der Waals surface area contributed by atoms with Crippen LogP contribution in [-0.4, -0.2) is 18.9 Å². The summed E-state index contributed by atoms with van der Waals surface area (Å²) in [5.41, 5.74) is 0.679. The van der Waals surface area contributed by atoms with Gasteiger partial charge in [-0.1, -0.05) is 31.5 Å². The average molecular weight is 301 g/mol. The molecule has 1 saturated carbocycles. The average Bonchev–Trinajstić information content (AvgIpc) is 2.44. The number of hydrogen-bond acceptors (Lipinski definition) is 2. The molecule has 0 spiro atoms. The van der Waals surface area contributed by atoms with Crippen LogP contribution < -0.4 is 10.1 Å². The molecule has 2 nitrogen and oxygen atoms in total. The molecule has 0 bridgehead atoms. The first-order chi connectivity index (χ1) is 9.99. The van der Waals surface area contributed by atoms with Gasteiger partial charge in [-0.15, -0.1) is 13.2 Å². The molecule has 0 aliphatic heterocycles. The van der Waals surface area contributed by atoms with Crippen molar-refractivity contribution in [3.63, 3.8) is 0 Å². The molecule has 1 aliphatic rings. The van der Waals surface area contributed by atoms with Gasteiger partial charge >= 0.3 is 6.36 Å². The summed E-state index contributed by atoms with van der Waals surface area (Å²) in [6.07, 6.45) is 0.353. The molecule has 1 aromatic carbocycles. The summed E-state index contributed by atoms with van der Waals surface area (Å²) in [5, 5.41) is 3.48. The summed E-state index contributed by atoms with van der Waals surface area (Å²) in [6.45, 7) is 3.07. The molecule has 118 valence electrons. The van der Waals surface area contributed by atoms with Crippen molar-refractivity contribution in [3.8, 4) is 5.75 Å². The number of hydrogen-bond donors (Lipinski definition) is 1. The van der Waals surface area contributed by atoms with Crippen LogP contribution in [0.25, 0.3) is 0 Å². The SMILES string of the molecule is CCCNC1CCCC(c2ccccc2OC(F)(F)F)C1. The minimum Gasteiger partial charge on any atom is -0.405 e. The molecule has 0 radical (unpaired) electrons. The molecule has 0 amide bonds. The Hall–Kier alpha value is -1.23. The van der Waals surface area contributed by atoms with E-state index in [1.165, 1.54) is 6.07 Å². The fourth-order valence-electron chi connectivity index (χ4n) is 3.04. The van der Waals surface area contributed by atoms with Crippen LogP contribution in [0.2, 0.25) is 0 Å². The molecule has 0 saturated heterocycles. The lowest BCUT2D eigenvalue weighted by Gasteiger charge is -2.31. The molecule has 0 heterocycles. The molecular weight excluding hydrogens is 279 g/mol. The zero-order valence-corrected chi connectivity index (χ0v) is 12.2. The van der Waals surface area contributed by atoms with E-state index in [4.69, 9.17) is 0 Å². The summed E-state index contributed by atoms with van der Waals surface area (Å²) < 4.78 is 41.7. The van der Waals surface area contributed by atoms with Gasteiger partial charge in [0.15, 0.2) is 0 Å². The maximum absolute atomic E-state index is 12.5. The van der Waals surface area contributed by atoms with E-state index in [-0.39, 0.29) is 11.7 Å². The minimum atomic E-state index is -4.63. The molecule has 21 heavy (non-hydrogen) atoms. The van der Waals surface area contributed by atoms with Gasteiger partial charge in [0.05, 0.1) is 0 Å². The van der Waals surface area contributed by atoms with E-state index in [0.717, 1.165) is 38.6 Å². The van der Waals surface area contributed by atoms with E-state index in [1.54, 1.807) is 18.2 Å². The van der Waals surface area contributed by atoms with Crippen LogP contribution in [0.15, 0.2) is 24.3 Å². The Kier molecular flexibility index (Phi) is 5.51. The largest absolute Gasteiger partial charge is 0.573 e. The summed E-state index contributed by atoms with van der Waals surface area (Å²) >= 11 is 0. The summed E-state index contributed by atoms with van der Waals surface area (Å²) in [4.78, 5) is 0. The second kappa shape index (κ2) is 7.16. The van der Waals surface area contributed by atoms with Gasteiger partial charge in [0.25, 0.3) is 0 Å². The van der Waals surface area contributed by atoms with Gasteiger partial charge in [-0.05, 0) is 49.8 Å². The minimum absolute atomic E-state index is 0.0499. The van der Waals surface area contributed by atoms with Crippen LogP contribution >= 0.6 is 0 Å². The summed E-state index contributed by atoms with van der Waals surface area (Å²) in [5.74, 6) is 0.0813. The molecule has 2 unspecified atom stereocenters. The lowest BCUT2D eigenvalue weighted by atomic mass is 9.81. The lowest BCUT2D eigenvalue weighted by molar-refractivity contribution is -0.275. The van der Waals surface area contributed by atoms with Gasteiger partial charge in [-0.2, -0.15) is 0 Å². The van der Waals surface area contributed by atoms with Crippen LogP contribution in [-0.2, 0) is 0 Å². The highest BCUT2D eigenvalue weighted by Crippen LogP contribution is 2.39. The van der Waals surface area contributed by atoms with E-state index in [0.29, 0.717) is 11.6 Å². The quantitative estimate of drug-likeness (QED) is 0.857. The molecule has 2 atom stereocenters. The van der Waals surface area contributed by atoms with E-state index in [1.807, 2.05) is 0 Å². The zero-order valence-electron chi connectivity index (χ0n) is 12.2. The first kappa shape index (κ1) is 16.1. The van der Waals surface area contributed by atoms with Crippen molar-refractivity contribution >= 4 is 0 Å². The molecule has 2 rings (SSSR count). The van der Waals surface area contributed by atoms with Crippen LogP contribution in [0.1, 0.15) is 50.5 Å². The topological polar surface area (TPSA) is 21.3 Å². The molecule has 1 aliphatic carbocycles. The van der Waals surface area contributed by atoms with Crippen LogP contribution in [0.5, 0.6) is 5.75 Å². The third-order valence-corrected chi connectivity index (χ3v) is 3.94. The summed E-state index contributed by atoms with van der Waals surface area (Å²) in [6, 6.07) is 6.92. The van der Waals surface area contributed by atoms with E-state index in [9.17, 15) is 13.2 Å². The maximum atomic E-state index is 12.5. The van der Waals surface area contributed by atoms with Gasteiger partial charge in [0.2, 0.25) is 0 Å². The predicted octanol–water partition coefficient (Wildman–Crippen LogP) is 4.61. The highest BCUT2D eigenvalue weighted by molar-refractivity contribution is 5.36. The van der Waals surface area contributed by atoms with Crippen molar-refractivity contribution in [2.75, 3.05) is 6.54 Å². The Morgan fingerprint density at radius 3 is 2.71 bits per heavy atom. The number of nitrogens with one attached hydrogen (secondary N) is 1. The van der Waals surface area contributed by atoms with Crippen molar-refractivity contribution < 1.29 is 17.9 Å². The van der Waals surface area contributed by atoms with E-state index in [2.05, 4.69) is 17.0 Å². The van der Waals surface area contributed by atoms with Gasteiger partial charge in [0.1, 0.15) is 5.75 Å². The van der Waals surface area contributed by atoms with Crippen molar-refractivity contribution in [2.24, 2.45) is 0 Å². The first-order valence-electron chi connectivity index (χ1n) is 7.57. The van der Waals surface area contributed by atoms with Crippen molar-refractivity contribution in [1.29, 1.82) is 0 Å². The molecule has 5 heteroatoms. The van der Waals surface area contributed by atoms with Crippen LogP contribution in [0, 0.1) is 0 Å². The number of halogens is 3. The predicted molar refractivity (Wildman–Crippen MR) is 76.4 cm³/mol. The third kappa shape index (κ3) is 4.92. The van der Waals surface area contributed by atoms with Crippen molar-refractivity contribution in [2.45, 2.75) is 57.3 Å². The van der Waals surface area contributed by atoms with Gasteiger partial charge < -0.3 is 10.1 Å². The Morgan fingerprint density at radius 2 is 2.00 bits per heavy atom. The standard InChI is InChI=1S/C16H22F3NO/c1-2-10-20-13-7-5-6-12(11-13)14-8-3-4-9-15(14)21-16(17,18)19/h3-4,8-9,12-13,20H,2,5-7,10-11H2,1H3. The second-order valence-electron chi connectivity index (χ2n) is 5.60. The van der Waals surface area contributed by atoms with Crippen molar-refractivity contribution in [3.05, 3.63) is 29.8 Å². The van der Waals surface area contributed by atoms with Gasteiger partial charge in [-0.3, -0.25) is 0 Å². The molecule has 0 aromatic heterocycles. The number of ether oxygens (including phenoxy) is 1. The second-order valence-corrected chi connectivity index (χ2v) is 5.60. The summed E-state index contributed by atoms with van der Waals surface area (Å²) in [7, 11) is 0. The van der Waals surface area contributed by atoms with E-state index >= 15 is 0 Å². The Labute approximate surface area is 123 Å². The van der Waals surface area contributed by atoms with Crippen LogP contribution in [0.3, 0.4) is 0 Å². The normalized spacial score (nSPS) is 23.0. The third-order valence-electron chi connectivity index (χ3n) is 3.94. The maximum Gasteiger partial charge on any atom is 0.573 e. The Balaban J connectivity index is 2.10. The molecule has 1 N–H and O–H groups in total. The Morgan fingerprint density at radius 1 is 1.24 bits per heavy atom. The van der Waals surface area contributed by atoms with E-state index < -0.39 is 6.36 Å². The highest BCUT2D eigenvalue weighted by atomic mass is 19.4. The Bertz CT molecular complexity index is 447. The lowest BCUT2D eigenvalue weighted by Crippen LogP contribution is -2.34.